The topological polar surface area (TPSA) is 57.6 Å². The van der Waals surface area contributed by atoms with Crippen molar-refractivity contribution in [2.75, 3.05) is 17.2 Å². The summed E-state index contributed by atoms with van der Waals surface area (Å²) in [5.74, 6) is -0.199. The molecule has 0 radical (unpaired) electrons. The average molecular weight is 372 g/mol. The first-order chi connectivity index (χ1) is 12.3. The number of nitrogens with zero attached hydrogens (tertiary/aromatic N) is 1. The summed E-state index contributed by atoms with van der Waals surface area (Å²) in [7, 11) is -3.91. The molecule has 0 aromatic heterocycles. The number of allylic oxidation sites excluding steroid dienone is 3. The summed E-state index contributed by atoms with van der Waals surface area (Å²) in [6, 6.07) is 12.7. The first kappa shape index (κ1) is 18.7. The lowest BCUT2D eigenvalue weighted by molar-refractivity contribution is 0.480. The van der Waals surface area contributed by atoms with E-state index in [1.165, 1.54) is 16.3 Å². The minimum atomic E-state index is -3.91. The van der Waals surface area contributed by atoms with Crippen molar-refractivity contribution < 1.29 is 13.0 Å². The van der Waals surface area contributed by atoms with Crippen LogP contribution in [-0.4, -0.2) is 25.3 Å². The van der Waals surface area contributed by atoms with Crippen LogP contribution < -0.4 is 4.90 Å². The van der Waals surface area contributed by atoms with E-state index in [1.807, 2.05) is 12.1 Å². The molecule has 0 saturated heterocycles. The van der Waals surface area contributed by atoms with Crippen LogP contribution in [0.2, 0.25) is 0 Å². The van der Waals surface area contributed by atoms with Gasteiger partial charge in [0, 0.05) is 23.3 Å². The Bertz CT molecular complexity index is 974. The summed E-state index contributed by atoms with van der Waals surface area (Å²) < 4.78 is 30.9. The molecule has 1 aliphatic rings. The fourth-order valence-electron chi connectivity index (χ4n) is 3.94. The third-order valence-electron chi connectivity index (χ3n) is 5.06. The molecule has 0 unspecified atom stereocenters. The Hall–Kier alpha value is -2.11. The van der Waals surface area contributed by atoms with Gasteiger partial charge in [-0.05, 0) is 41.3 Å². The fraction of sp³-hybridized carbons (Fsp3) is 0.333. The van der Waals surface area contributed by atoms with Crippen molar-refractivity contribution in [2.45, 2.75) is 32.1 Å². The Morgan fingerprint density at radius 3 is 2.58 bits per heavy atom. The Labute approximate surface area is 155 Å². The molecule has 0 saturated carbocycles. The third kappa shape index (κ3) is 3.41. The van der Waals surface area contributed by atoms with Gasteiger partial charge < -0.3 is 4.90 Å². The summed E-state index contributed by atoms with van der Waals surface area (Å²) in [6.45, 7) is 8.99. The van der Waals surface area contributed by atoms with Crippen molar-refractivity contribution >= 4 is 26.6 Å². The summed E-state index contributed by atoms with van der Waals surface area (Å²) in [5.41, 5.74) is 3.44. The zero-order chi connectivity index (χ0) is 18.9. The maximum absolute atomic E-state index is 11.0. The minimum absolute atomic E-state index is 0.173. The summed E-state index contributed by atoms with van der Waals surface area (Å²) in [4.78, 5) is 2.26. The molecule has 5 heteroatoms. The van der Waals surface area contributed by atoms with Crippen LogP contribution in [-0.2, 0) is 15.5 Å². The normalized spacial score (nSPS) is 17.7. The van der Waals surface area contributed by atoms with E-state index in [2.05, 4.69) is 55.7 Å². The Morgan fingerprint density at radius 1 is 1.15 bits per heavy atom. The van der Waals surface area contributed by atoms with Crippen LogP contribution >= 0.6 is 0 Å². The highest BCUT2D eigenvalue weighted by Crippen LogP contribution is 2.50. The van der Waals surface area contributed by atoms with Crippen molar-refractivity contribution in [2.24, 2.45) is 0 Å². The van der Waals surface area contributed by atoms with Crippen molar-refractivity contribution in [1.82, 2.24) is 0 Å². The second kappa shape index (κ2) is 6.89. The second-order valence-corrected chi connectivity index (χ2v) is 8.81. The predicted molar refractivity (Wildman–Crippen MR) is 108 cm³/mol. The standard InChI is InChI=1S/C21H25NO3S/c1-4-9-19-21(2,3)20-17-11-6-5-10-16(17)12-13-18(20)22(19)14-7-8-15-26(23,24)25/h4-6,9-13H,1,7-8,14-15H2,2-3H3,(H,23,24,25)/b19-9-. The van der Waals surface area contributed by atoms with Gasteiger partial charge >= 0.3 is 0 Å². The van der Waals surface area contributed by atoms with Gasteiger partial charge in [0.25, 0.3) is 10.1 Å². The lowest BCUT2D eigenvalue weighted by Crippen LogP contribution is -2.27. The molecule has 0 bridgehead atoms. The number of rotatable bonds is 6. The van der Waals surface area contributed by atoms with Crippen LogP contribution in [0.3, 0.4) is 0 Å². The summed E-state index contributed by atoms with van der Waals surface area (Å²) in [6.07, 6.45) is 4.95. The molecule has 0 aliphatic carbocycles. The summed E-state index contributed by atoms with van der Waals surface area (Å²) >= 11 is 0. The molecule has 0 fully saturated rings. The molecular formula is C21H25NO3S. The highest BCUT2D eigenvalue weighted by Gasteiger charge is 2.40. The van der Waals surface area contributed by atoms with Gasteiger partial charge in [0.2, 0.25) is 0 Å². The van der Waals surface area contributed by atoms with Crippen LogP contribution in [0.5, 0.6) is 0 Å². The van der Waals surface area contributed by atoms with Gasteiger partial charge in [0.15, 0.2) is 0 Å². The van der Waals surface area contributed by atoms with Crippen LogP contribution in [0.1, 0.15) is 32.3 Å². The Kier molecular flexibility index (Phi) is 4.95. The molecule has 0 atom stereocenters. The maximum atomic E-state index is 11.0. The molecule has 0 spiro atoms. The number of hydrogen-bond acceptors (Lipinski definition) is 3. The first-order valence-electron chi connectivity index (χ1n) is 8.84. The molecule has 1 heterocycles. The second-order valence-electron chi connectivity index (χ2n) is 7.24. The van der Waals surface area contributed by atoms with Gasteiger partial charge in [-0.25, -0.2) is 0 Å². The van der Waals surface area contributed by atoms with Crippen molar-refractivity contribution in [3.8, 4) is 0 Å². The van der Waals surface area contributed by atoms with Crippen LogP contribution in [0, 0.1) is 0 Å². The SMILES string of the molecule is C=C/C=C1\N(CCCCS(=O)(=O)O)c2ccc3ccccc3c2C1(C)C. The molecule has 3 rings (SSSR count). The van der Waals surface area contributed by atoms with E-state index in [1.54, 1.807) is 6.08 Å². The molecule has 138 valence electrons. The van der Waals surface area contributed by atoms with Crippen molar-refractivity contribution in [3.63, 3.8) is 0 Å². The van der Waals surface area contributed by atoms with Gasteiger partial charge in [0.1, 0.15) is 0 Å². The van der Waals surface area contributed by atoms with E-state index in [0.29, 0.717) is 19.4 Å². The van der Waals surface area contributed by atoms with Crippen LogP contribution in [0.25, 0.3) is 10.8 Å². The number of benzene rings is 2. The zero-order valence-corrected chi connectivity index (χ0v) is 16.1. The van der Waals surface area contributed by atoms with Gasteiger partial charge in [-0.3, -0.25) is 4.55 Å². The third-order valence-corrected chi connectivity index (χ3v) is 5.87. The molecule has 1 aliphatic heterocycles. The number of unbranched alkanes of at least 4 members (excludes halogenated alkanes) is 1. The maximum Gasteiger partial charge on any atom is 0.264 e. The molecule has 26 heavy (non-hydrogen) atoms. The van der Waals surface area contributed by atoms with E-state index in [9.17, 15) is 8.42 Å². The number of anilines is 1. The van der Waals surface area contributed by atoms with E-state index in [0.717, 1.165) is 11.4 Å². The van der Waals surface area contributed by atoms with Gasteiger partial charge in [-0.15, -0.1) is 0 Å². The monoisotopic (exact) mass is 371 g/mol. The van der Waals surface area contributed by atoms with Gasteiger partial charge in [-0.2, -0.15) is 8.42 Å². The Balaban J connectivity index is 2.01. The highest BCUT2D eigenvalue weighted by molar-refractivity contribution is 7.85. The highest BCUT2D eigenvalue weighted by atomic mass is 32.2. The zero-order valence-electron chi connectivity index (χ0n) is 15.3. The molecule has 2 aromatic rings. The van der Waals surface area contributed by atoms with Crippen molar-refractivity contribution in [3.05, 3.63) is 66.4 Å². The minimum Gasteiger partial charge on any atom is -0.344 e. The van der Waals surface area contributed by atoms with E-state index >= 15 is 0 Å². The molecular weight excluding hydrogens is 346 g/mol. The van der Waals surface area contributed by atoms with Gasteiger partial charge in [-0.1, -0.05) is 56.8 Å². The molecule has 1 N–H and O–H groups in total. The van der Waals surface area contributed by atoms with E-state index in [4.69, 9.17) is 4.55 Å². The lowest BCUT2D eigenvalue weighted by atomic mass is 9.81. The van der Waals surface area contributed by atoms with E-state index in [-0.39, 0.29) is 11.2 Å². The summed E-state index contributed by atoms with van der Waals surface area (Å²) in [5, 5.41) is 2.45. The number of fused-ring (bicyclic) bond motifs is 3. The largest absolute Gasteiger partial charge is 0.344 e. The Morgan fingerprint density at radius 2 is 1.88 bits per heavy atom. The smallest absolute Gasteiger partial charge is 0.264 e. The molecule has 2 aromatic carbocycles. The van der Waals surface area contributed by atoms with Crippen LogP contribution in [0.15, 0.2) is 60.8 Å². The fourth-order valence-corrected chi connectivity index (χ4v) is 4.51. The van der Waals surface area contributed by atoms with Crippen molar-refractivity contribution in [1.29, 1.82) is 0 Å². The van der Waals surface area contributed by atoms with Crippen LogP contribution in [0.4, 0.5) is 5.69 Å². The quantitative estimate of drug-likeness (QED) is 0.592. The average Bonchev–Trinajstić information content (AvgIpc) is 2.79. The molecule has 0 amide bonds. The predicted octanol–water partition coefficient (Wildman–Crippen LogP) is 4.68. The van der Waals surface area contributed by atoms with Gasteiger partial charge in [0.05, 0.1) is 5.75 Å². The lowest BCUT2D eigenvalue weighted by Gasteiger charge is -2.27. The first-order valence-corrected chi connectivity index (χ1v) is 10.4. The molecule has 4 nitrogen and oxygen atoms in total. The van der Waals surface area contributed by atoms with E-state index < -0.39 is 10.1 Å². The number of hydrogen-bond donors (Lipinski definition) is 1.